The predicted molar refractivity (Wildman–Crippen MR) is 69.0 cm³/mol. The van der Waals surface area contributed by atoms with Crippen LogP contribution < -0.4 is 15.2 Å². The van der Waals surface area contributed by atoms with E-state index < -0.39 is 10.0 Å². The molecule has 0 aliphatic rings. The summed E-state index contributed by atoms with van der Waals surface area (Å²) in [5, 5.41) is 8.64. The number of ether oxygens (including phenoxy) is 1. The van der Waals surface area contributed by atoms with E-state index in [4.69, 9.17) is 15.6 Å². The monoisotopic (exact) mass is 274 g/mol. The van der Waals surface area contributed by atoms with Gasteiger partial charge in [0.05, 0.1) is 7.11 Å². The number of nitrogens with two attached hydrogens (primary N) is 1. The lowest BCUT2D eigenvalue weighted by Crippen LogP contribution is -2.26. The number of rotatable bonds is 6. The van der Waals surface area contributed by atoms with Crippen molar-refractivity contribution in [2.24, 2.45) is 0 Å². The van der Waals surface area contributed by atoms with Crippen LogP contribution in [0.5, 0.6) is 5.75 Å². The Bertz CT molecular complexity index is 514. The summed E-state index contributed by atoms with van der Waals surface area (Å²) >= 11 is 0. The Morgan fingerprint density at radius 1 is 1.44 bits per heavy atom. The highest BCUT2D eigenvalue weighted by Gasteiger charge is 2.20. The van der Waals surface area contributed by atoms with E-state index in [-0.39, 0.29) is 23.8 Å². The van der Waals surface area contributed by atoms with Crippen LogP contribution in [0.3, 0.4) is 0 Å². The molecule has 1 aromatic rings. The minimum absolute atomic E-state index is 0.00559. The van der Waals surface area contributed by atoms with Gasteiger partial charge in [0, 0.05) is 18.8 Å². The summed E-state index contributed by atoms with van der Waals surface area (Å²) < 4.78 is 31.5. The van der Waals surface area contributed by atoms with Crippen LogP contribution >= 0.6 is 0 Å². The van der Waals surface area contributed by atoms with Crippen molar-refractivity contribution in [1.29, 1.82) is 0 Å². The SMILES string of the molecule is COc1cc(C)c(N)cc1S(=O)(=O)NCCCO. The van der Waals surface area contributed by atoms with E-state index in [0.29, 0.717) is 12.1 Å². The summed E-state index contributed by atoms with van der Waals surface area (Å²) in [7, 11) is -2.28. The molecule has 0 fully saturated rings. The predicted octanol–water partition coefficient (Wildman–Crippen LogP) is 0.247. The molecule has 4 N–H and O–H groups in total. The molecule has 0 heterocycles. The maximum Gasteiger partial charge on any atom is 0.244 e. The number of aryl methyl sites for hydroxylation is 1. The lowest BCUT2D eigenvalue weighted by molar-refractivity contribution is 0.289. The van der Waals surface area contributed by atoms with Gasteiger partial charge in [0.2, 0.25) is 10.0 Å². The lowest BCUT2D eigenvalue weighted by Gasteiger charge is -2.12. The van der Waals surface area contributed by atoms with Crippen molar-refractivity contribution in [3.63, 3.8) is 0 Å². The minimum atomic E-state index is -3.68. The minimum Gasteiger partial charge on any atom is -0.495 e. The van der Waals surface area contributed by atoms with Gasteiger partial charge < -0.3 is 15.6 Å². The van der Waals surface area contributed by atoms with Gasteiger partial charge in [-0.3, -0.25) is 0 Å². The molecule has 0 aromatic heterocycles. The second-order valence-corrected chi connectivity index (χ2v) is 5.57. The summed E-state index contributed by atoms with van der Waals surface area (Å²) in [5.41, 5.74) is 6.85. The van der Waals surface area contributed by atoms with Crippen molar-refractivity contribution in [2.45, 2.75) is 18.2 Å². The molecular formula is C11H18N2O4S. The Morgan fingerprint density at radius 2 is 2.11 bits per heavy atom. The average molecular weight is 274 g/mol. The normalized spacial score (nSPS) is 11.5. The maximum atomic E-state index is 12.0. The van der Waals surface area contributed by atoms with Gasteiger partial charge in [0.15, 0.2) is 0 Å². The van der Waals surface area contributed by atoms with Crippen LogP contribution in [-0.4, -0.2) is 33.8 Å². The zero-order valence-corrected chi connectivity index (χ0v) is 11.3. The lowest BCUT2D eigenvalue weighted by atomic mass is 10.2. The summed E-state index contributed by atoms with van der Waals surface area (Å²) in [6.45, 7) is 1.86. The maximum absolute atomic E-state index is 12.0. The van der Waals surface area contributed by atoms with Crippen LogP contribution in [0, 0.1) is 6.92 Å². The molecule has 0 aliphatic heterocycles. The molecule has 0 amide bonds. The van der Waals surface area contributed by atoms with E-state index in [1.54, 1.807) is 13.0 Å². The molecule has 0 radical (unpaired) electrons. The first kappa shape index (κ1) is 14.7. The second-order valence-electron chi connectivity index (χ2n) is 3.83. The number of nitrogens with one attached hydrogen (secondary N) is 1. The van der Waals surface area contributed by atoms with Crippen LogP contribution in [0.25, 0.3) is 0 Å². The summed E-state index contributed by atoms with van der Waals surface area (Å²) in [6, 6.07) is 2.95. The van der Waals surface area contributed by atoms with Crippen molar-refractivity contribution in [2.75, 3.05) is 26.0 Å². The van der Waals surface area contributed by atoms with Crippen LogP contribution in [-0.2, 0) is 10.0 Å². The third kappa shape index (κ3) is 3.34. The molecule has 6 nitrogen and oxygen atoms in total. The molecule has 18 heavy (non-hydrogen) atoms. The summed E-state index contributed by atoms with van der Waals surface area (Å²) in [6.07, 6.45) is 0.350. The van der Waals surface area contributed by atoms with E-state index in [1.165, 1.54) is 13.2 Å². The Labute approximate surface area is 107 Å². The topological polar surface area (TPSA) is 102 Å². The molecular weight excluding hydrogens is 256 g/mol. The van der Waals surface area contributed by atoms with Crippen molar-refractivity contribution >= 4 is 15.7 Å². The van der Waals surface area contributed by atoms with Crippen LogP contribution in [0.4, 0.5) is 5.69 Å². The van der Waals surface area contributed by atoms with E-state index in [2.05, 4.69) is 4.72 Å². The van der Waals surface area contributed by atoms with Crippen molar-refractivity contribution < 1.29 is 18.3 Å². The van der Waals surface area contributed by atoms with Crippen molar-refractivity contribution in [1.82, 2.24) is 4.72 Å². The first-order valence-corrected chi connectivity index (χ1v) is 6.95. The number of hydrogen-bond donors (Lipinski definition) is 3. The Kier molecular flexibility index (Phi) is 4.94. The second kappa shape index (κ2) is 6.03. The van der Waals surface area contributed by atoms with Gasteiger partial charge in [-0.15, -0.1) is 0 Å². The quantitative estimate of drug-likeness (QED) is 0.510. The zero-order chi connectivity index (χ0) is 13.8. The van der Waals surface area contributed by atoms with E-state index in [0.717, 1.165) is 5.56 Å². The van der Waals surface area contributed by atoms with Gasteiger partial charge in [0.25, 0.3) is 0 Å². The highest BCUT2D eigenvalue weighted by molar-refractivity contribution is 7.89. The van der Waals surface area contributed by atoms with Gasteiger partial charge in [-0.2, -0.15) is 0 Å². The molecule has 1 aromatic carbocycles. The fourth-order valence-electron chi connectivity index (χ4n) is 1.41. The van der Waals surface area contributed by atoms with Crippen LogP contribution in [0.2, 0.25) is 0 Å². The summed E-state index contributed by atoms with van der Waals surface area (Å²) in [5.74, 6) is 0.248. The van der Waals surface area contributed by atoms with E-state index >= 15 is 0 Å². The Balaban J connectivity index is 3.11. The molecule has 0 spiro atoms. The number of hydrogen-bond acceptors (Lipinski definition) is 5. The number of nitrogen functional groups attached to an aromatic ring is 1. The van der Waals surface area contributed by atoms with E-state index in [9.17, 15) is 8.42 Å². The van der Waals surface area contributed by atoms with E-state index in [1.807, 2.05) is 0 Å². The molecule has 0 saturated carbocycles. The number of sulfonamides is 1. The number of benzene rings is 1. The summed E-state index contributed by atoms with van der Waals surface area (Å²) in [4.78, 5) is 0.00559. The third-order valence-electron chi connectivity index (χ3n) is 2.47. The van der Waals surface area contributed by atoms with Crippen molar-refractivity contribution in [3.8, 4) is 5.75 Å². The number of aliphatic hydroxyl groups is 1. The molecule has 0 atom stereocenters. The molecule has 102 valence electrons. The highest BCUT2D eigenvalue weighted by Crippen LogP contribution is 2.28. The fourth-order valence-corrected chi connectivity index (χ4v) is 2.67. The van der Waals surface area contributed by atoms with Gasteiger partial charge in [-0.05, 0) is 31.0 Å². The first-order chi connectivity index (χ1) is 8.42. The number of anilines is 1. The molecule has 0 saturated heterocycles. The number of methoxy groups -OCH3 is 1. The molecule has 0 bridgehead atoms. The molecule has 0 unspecified atom stereocenters. The van der Waals surface area contributed by atoms with Crippen LogP contribution in [0.1, 0.15) is 12.0 Å². The Hall–Kier alpha value is -1.31. The fraction of sp³-hybridized carbons (Fsp3) is 0.455. The average Bonchev–Trinajstić information content (AvgIpc) is 2.32. The van der Waals surface area contributed by atoms with Crippen molar-refractivity contribution in [3.05, 3.63) is 17.7 Å². The smallest absolute Gasteiger partial charge is 0.244 e. The molecule has 0 aliphatic carbocycles. The Morgan fingerprint density at radius 3 is 2.67 bits per heavy atom. The standard InChI is InChI=1S/C11H18N2O4S/c1-8-6-10(17-2)11(7-9(8)12)18(15,16)13-4-3-5-14/h6-7,13-14H,3-5,12H2,1-2H3. The van der Waals surface area contributed by atoms with Gasteiger partial charge in [0.1, 0.15) is 10.6 Å². The molecule has 1 rings (SSSR count). The van der Waals surface area contributed by atoms with Crippen LogP contribution in [0.15, 0.2) is 17.0 Å². The van der Waals surface area contributed by atoms with Gasteiger partial charge in [-0.25, -0.2) is 13.1 Å². The zero-order valence-electron chi connectivity index (χ0n) is 10.4. The molecule has 7 heteroatoms. The van der Waals surface area contributed by atoms with Gasteiger partial charge in [-0.1, -0.05) is 0 Å². The third-order valence-corrected chi connectivity index (χ3v) is 3.95. The highest BCUT2D eigenvalue weighted by atomic mass is 32.2. The first-order valence-electron chi connectivity index (χ1n) is 5.47. The number of aliphatic hydroxyl groups excluding tert-OH is 1. The van der Waals surface area contributed by atoms with Gasteiger partial charge >= 0.3 is 0 Å². The largest absolute Gasteiger partial charge is 0.495 e.